The summed E-state index contributed by atoms with van der Waals surface area (Å²) in [5.74, 6) is -3.21. The minimum absolute atomic E-state index is 0.154. The van der Waals surface area contributed by atoms with E-state index < -0.39 is 33.8 Å². The van der Waals surface area contributed by atoms with Crippen molar-refractivity contribution in [3.8, 4) is 0 Å². The molecule has 0 spiro atoms. The number of rotatable bonds is 4. The van der Waals surface area contributed by atoms with E-state index in [1.54, 1.807) is 6.92 Å². The van der Waals surface area contributed by atoms with Crippen molar-refractivity contribution < 1.29 is 19.8 Å². The first-order valence-electron chi connectivity index (χ1n) is 5.15. The van der Waals surface area contributed by atoms with Crippen LogP contribution in [0.3, 0.4) is 0 Å². The van der Waals surface area contributed by atoms with Crippen molar-refractivity contribution in [3.05, 3.63) is 34.4 Å². The van der Waals surface area contributed by atoms with Crippen LogP contribution < -0.4 is 10.2 Å². The lowest BCUT2D eigenvalue weighted by atomic mass is 9.92. The van der Waals surface area contributed by atoms with Crippen LogP contribution in [0.25, 0.3) is 0 Å². The van der Waals surface area contributed by atoms with Crippen molar-refractivity contribution >= 4 is 35.1 Å². The zero-order valence-electron chi connectivity index (χ0n) is 9.70. The van der Waals surface area contributed by atoms with Crippen LogP contribution in [0.1, 0.15) is 56.4 Å². The minimum atomic E-state index is -1.61. The molecule has 1 aromatic rings. The van der Waals surface area contributed by atoms with E-state index in [2.05, 4.69) is 0 Å². The molecule has 0 aliphatic heterocycles. The van der Waals surface area contributed by atoms with Crippen LogP contribution in [0.15, 0.2) is 12.1 Å². The Morgan fingerprint density at radius 1 is 1.06 bits per heavy atom. The number of carbonyl (C=O) groups is 2. The Morgan fingerprint density at radius 2 is 1.61 bits per heavy atom. The Kier molecular flexibility index (Phi) is 4.59. The Bertz CT molecular complexity index is 495. The summed E-state index contributed by atoms with van der Waals surface area (Å²) in [5.41, 5.74) is -0.315. The maximum absolute atomic E-state index is 11.1. The third kappa shape index (κ3) is 2.76. The summed E-state index contributed by atoms with van der Waals surface area (Å²) >= 11 is 11.8. The first-order chi connectivity index (χ1) is 8.27. The average Bonchev–Trinajstić information content (AvgIpc) is 2.26. The molecule has 0 amide bonds. The Labute approximate surface area is 114 Å². The standard InChI is InChI=1S/C12H12Cl2O4/c1-5(13)7-3-4-8(11(15)16)10(12(17)18)9(7)6(2)14/h3-6H,1-2H3,(H,15,16)(H,17,18)/p-2. The third-order valence-electron chi connectivity index (χ3n) is 2.53. The number of carbonyl (C=O) groups excluding carboxylic acids is 2. The van der Waals surface area contributed by atoms with E-state index in [0.29, 0.717) is 5.56 Å². The van der Waals surface area contributed by atoms with Gasteiger partial charge in [0.25, 0.3) is 0 Å². The van der Waals surface area contributed by atoms with Crippen molar-refractivity contribution in [3.63, 3.8) is 0 Å². The Morgan fingerprint density at radius 3 is 1.94 bits per heavy atom. The van der Waals surface area contributed by atoms with Crippen molar-refractivity contribution in [2.24, 2.45) is 0 Å². The van der Waals surface area contributed by atoms with E-state index in [1.165, 1.54) is 13.0 Å². The van der Waals surface area contributed by atoms with Crippen molar-refractivity contribution in [2.75, 3.05) is 0 Å². The highest BCUT2D eigenvalue weighted by Gasteiger charge is 2.20. The molecule has 2 atom stereocenters. The fourth-order valence-corrected chi connectivity index (χ4v) is 2.23. The van der Waals surface area contributed by atoms with Gasteiger partial charge in [0.15, 0.2) is 0 Å². The summed E-state index contributed by atoms with van der Waals surface area (Å²) in [5, 5.41) is 20.8. The molecule has 18 heavy (non-hydrogen) atoms. The molecule has 1 aromatic carbocycles. The van der Waals surface area contributed by atoms with E-state index in [-0.39, 0.29) is 5.56 Å². The van der Waals surface area contributed by atoms with Crippen LogP contribution in [-0.4, -0.2) is 11.9 Å². The molecule has 0 fully saturated rings. The largest absolute Gasteiger partial charge is 0.545 e. The van der Waals surface area contributed by atoms with Crippen LogP contribution in [-0.2, 0) is 0 Å². The number of aromatic carboxylic acids is 2. The average molecular weight is 289 g/mol. The minimum Gasteiger partial charge on any atom is -0.545 e. The molecule has 0 N–H and O–H groups in total. The summed E-state index contributed by atoms with van der Waals surface area (Å²) in [7, 11) is 0. The molecule has 0 aromatic heterocycles. The predicted molar refractivity (Wildman–Crippen MR) is 63.6 cm³/mol. The molecule has 0 aliphatic carbocycles. The number of halogens is 2. The maximum Gasteiger partial charge on any atom is 0.0725 e. The highest BCUT2D eigenvalue weighted by molar-refractivity contribution is 6.23. The number of carboxylic acids is 2. The number of hydrogen-bond donors (Lipinski definition) is 0. The fourth-order valence-electron chi connectivity index (χ4n) is 1.80. The van der Waals surface area contributed by atoms with Gasteiger partial charge in [0.2, 0.25) is 0 Å². The molecular weight excluding hydrogens is 279 g/mol. The van der Waals surface area contributed by atoms with Gasteiger partial charge in [-0.15, -0.1) is 23.2 Å². The normalized spacial score (nSPS) is 14.0. The second-order valence-electron chi connectivity index (χ2n) is 3.80. The molecule has 6 heteroatoms. The summed E-state index contributed by atoms with van der Waals surface area (Å²) in [6, 6.07) is 2.57. The predicted octanol–water partition coefficient (Wildman–Crippen LogP) is 1.01. The molecule has 0 saturated carbocycles. The van der Waals surface area contributed by atoms with Gasteiger partial charge >= 0.3 is 0 Å². The van der Waals surface area contributed by atoms with Gasteiger partial charge in [-0.25, -0.2) is 0 Å². The number of benzene rings is 1. The number of carboxylic acid groups (broad SMARTS) is 2. The number of alkyl halides is 2. The Hall–Kier alpha value is -1.26. The van der Waals surface area contributed by atoms with Crippen LogP contribution in [0.5, 0.6) is 0 Å². The topological polar surface area (TPSA) is 80.3 Å². The van der Waals surface area contributed by atoms with Gasteiger partial charge in [0.05, 0.1) is 22.7 Å². The summed E-state index contributed by atoms with van der Waals surface area (Å²) in [6.45, 7) is 3.17. The molecule has 98 valence electrons. The van der Waals surface area contributed by atoms with Gasteiger partial charge in [-0.1, -0.05) is 12.1 Å². The van der Waals surface area contributed by atoms with Gasteiger partial charge in [0.1, 0.15) is 0 Å². The van der Waals surface area contributed by atoms with Crippen molar-refractivity contribution in [1.29, 1.82) is 0 Å². The van der Waals surface area contributed by atoms with Crippen LogP contribution >= 0.6 is 23.2 Å². The molecule has 4 nitrogen and oxygen atoms in total. The highest BCUT2D eigenvalue weighted by atomic mass is 35.5. The lowest BCUT2D eigenvalue weighted by Crippen LogP contribution is -2.32. The second-order valence-corrected chi connectivity index (χ2v) is 5.11. The molecule has 0 bridgehead atoms. The zero-order chi connectivity index (χ0) is 14.0. The molecule has 1 rings (SSSR count). The molecule has 0 saturated heterocycles. The number of hydrogen-bond acceptors (Lipinski definition) is 4. The quantitative estimate of drug-likeness (QED) is 0.775. The van der Waals surface area contributed by atoms with Crippen LogP contribution in [0.4, 0.5) is 0 Å². The summed E-state index contributed by atoms with van der Waals surface area (Å²) in [6.07, 6.45) is 0. The highest BCUT2D eigenvalue weighted by Crippen LogP contribution is 2.34. The van der Waals surface area contributed by atoms with Crippen molar-refractivity contribution in [2.45, 2.75) is 24.6 Å². The van der Waals surface area contributed by atoms with Gasteiger partial charge < -0.3 is 19.8 Å². The second kappa shape index (κ2) is 5.59. The fraction of sp³-hybridized carbons (Fsp3) is 0.333. The molecule has 2 unspecified atom stereocenters. The monoisotopic (exact) mass is 288 g/mol. The van der Waals surface area contributed by atoms with Gasteiger partial charge in [-0.05, 0) is 25.0 Å². The van der Waals surface area contributed by atoms with Gasteiger partial charge in [-0.2, -0.15) is 0 Å². The third-order valence-corrected chi connectivity index (χ3v) is 2.98. The zero-order valence-corrected chi connectivity index (χ0v) is 11.2. The summed E-state index contributed by atoms with van der Waals surface area (Å²) < 4.78 is 0. The van der Waals surface area contributed by atoms with E-state index in [1.807, 2.05) is 0 Å². The maximum atomic E-state index is 11.1. The first kappa shape index (κ1) is 14.8. The van der Waals surface area contributed by atoms with Gasteiger partial charge in [-0.3, -0.25) is 0 Å². The first-order valence-corrected chi connectivity index (χ1v) is 6.02. The Balaban J connectivity index is 3.71. The van der Waals surface area contributed by atoms with Crippen molar-refractivity contribution in [1.82, 2.24) is 0 Å². The van der Waals surface area contributed by atoms with Crippen LogP contribution in [0.2, 0.25) is 0 Å². The molecule has 0 radical (unpaired) electrons. The SMILES string of the molecule is CC(Cl)c1ccc(C(=O)[O-])c(C(=O)[O-])c1C(C)Cl. The lowest BCUT2D eigenvalue weighted by molar-refractivity contribution is -0.259. The lowest BCUT2D eigenvalue weighted by Gasteiger charge is -2.22. The van der Waals surface area contributed by atoms with E-state index >= 15 is 0 Å². The van der Waals surface area contributed by atoms with E-state index in [4.69, 9.17) is 23.2 Å². The van der Waals surface area contributed by atoms with E-state index in [9.17, 15) is 19.8 Å². The molecule has 0 heterocycles. The molecular formula is C12H10Cl2O4-2. The van der Waals surface area contributed by atoms with Crippen LogP contribution in [0, 0.1) is 0 Å². The summed E-state index contributed by atoms with van der Waals surface area (Å²) in [4.78, 5) is 22.0. The van der Waals surface area contributed by atoms with E-state index in [0.717, 1.165) is 6.07 Å². The smallest absolute Gasteiger partial charge is 0.0725 e. The van der Waals surface area contributed by atoms with Gasteiger partial charge in [0, 0.05) is 11.1 Å². The molecule has 0 aliphatic rings.